The number of hydrogen-bond acceptors (Lipinski definition) is 1. The van der Waals surface area contributed by atoms with Crippen LogP contribution >= 0.6 is 0 Å². The van der Waals surface area contributed by atoms with E-state index in [2.05, 4.69) is 24.8 Å². The summed E-state index contributed by atoms with van der Waals surface area (Å²) >= 11 is 0. The van der Waals surface area contributed by atoms with Crippen molar-refractivity contribution in [1.82, 2.24) is 0 Å². The van der Waals surface area contributed by atoms with Gasteiger partial charge in [0.25, 0.3) is 0 Å². The number of rotatable bonds is 1. The summed E-state index contributed by atoms with van der Waals surface area (Å²) in [5, 5.41) is 10.00. The van der Waals surface area contributed by atoms with Gasteiger partial charge in [-0.1, -0.05) is 35.6 Å². The highest BCUT2D eigenvalue weighted by molar-refractivity contribution is 5.32. The molecule has 0 saturated heterocycles. The average Bonchev–Trinajstić information content (AvgIpc) is 2.89. The summed E-state index contributed by atoms with van der Waals surface area (Å²) in [4.78, 5) is 0. The van der Waals surface area contributed by atoms with Crippen molar-refractivity contribution in [2.45, 2.75) is 77.7 Å². The molecule has 23 heavy (non-hydrogen) atoms. The van der Waals surface area contributed by atoms with Gasteiger partial charge in [0.2, 0.25) is 0 Å². The summed E-state index contributed by atoms with van der Waals surface area (Å²) in [5.74, 6) is 8.95. The molecule has 0 aromatic heterocycles. The Bertz CT molecular complexity index is 614. The van der Waals surface area contributed by atoms with Gasteiger partial charge in [0.15, 0.2) is 0 Å². The predicted octanol–water partition coefficient (Wildman–Crippen LogP) is 5.01. The van der Waals surface area contributed by atoms with Crippen LogP contribution in [0.2, 0.25) is 0 Å². The maximum absolute atomic E-state index is 10.00. The van der Waals surface area contributed by atoms with Gasteiger partial charge in [-0.15, -0.1) is 5.92 Å². The Labute approximate surface area is 141 Å². The Morgan fingerprint density at radius 2 is 2.13 bits per heavy atom. The lowest BCUT2D eigenvalue weighted by Crippen LogP contribution is -2.43. The van der Waals surface area contributed by atoms with Crippen molar-refractivity contribution >= 4 is 0 Å². The van der Waals surface area contributed by atoms with Gasteiger partial charge in [-0.05, 0) is 81.5 Å². The molecule has 0 aliphatic heterocycles. The molecule has 124 valence electrons. The molecule has 4 aliphatic rings. The maximum atomic E-state index is 10.00. The minimum atomic E-state index is -0.0634. The van der Waals surface area contributed by atoms with Crippen LogP contribution in [0.15, 0.2) is 22.8 Å². The molecule has 0 bridgehead atoms. The SMILES string of the molecule is CC#CCC1=CC[C@H]2[C@@H]3CCC4=C(CCC(O)C4)[C@H]3CC[C@]12C. The van der Waals surface area contributed by atoms with Gasteiger partial charge in [0, 0.05) is 6.42 Å². The Kier molecular flexibility index (Phi) is 3.93. The molecule has 4 aliphatic carbocycles. The fourth-order valence-corrected chi connectivity index (χ4v) is 6.30. The number of aliphatic hydroxyl groups is 1. The molecule has 1 nitrogen and oxygen atoms in total. The predicted molar refractivity (Wildman–Crippen MR) is 94.7 cm³/mol. The molecule has 1 heteroatoms. The third-order valence-electron chi connectivity index (χ3n) is 7.54. The average molecular weight is 310 g/mol. The first kappa shape index (κ1) is 15.5. The van der Waals surface area contributed by atoms with Gasteiger partial charge in [0.1, 0.15) is 0 Å². The van der Waals surface area contributed by atoms with E-state index < -0.39 is 0 Å². The van der Waals surface area contributed by atoms with Gasteiger partial charge in [-0.2, -0.15) is 0 Å². The van der Waals surface area contributed by atoms with E-state index >= 15 is 0 Å². The number of aliphatic hydroxyl groups excluding tert-OH is 1. The highest BCUT2D eigenvalue weighted by atomic mass is 16.3. The van der Waals surface area contributed by atoms with E-state index in [1.807, 2.05) is 6.92 Å². The van der Waals surface area contributed by atoms with E-state index in [9.17, 15) is 5.11 Å². The van der Waals surface area contributed by atoms with Crippen LogP contribution in [-0.2, 0) is 0 Å². The zero-order valence-corrected chi connectivity index (χ0v) is 14.7. The largest absolute Gasteiger partial charge is 0.393 e. The molecule has 0 radical (unpaired) electrons. The van der Waals surface area contributed by atoms with E-state index in [1.165, 1.54) is 38.5 Å². The first-order valence-corrected chi connectivity index (χ1v) is 9.61. The lowest BCUT2D eigenvalue weighted by Gasteiger charge is -2.52. The molecule has 0 amide bonds. The van der Waals surface area contributed by atoms with Crippen molar-refractivity contribution in [3.8, 4) is 11.8 Å². The topological polar surface area (TPSA) is 20.2 Å². The second-order valence-electron chi connectivity index (χ2n) is 8.47. The van der Waals surface area contributed by atoms with E-state index in [4.69, 9.17) is 0 Å². The Morgan fingerprint density at radius 3 is 2.96 bits per heavy atom. The number of allylic oxidation sites excluding steroid dienone is 3. The van der Waals surface area contributed by atoms with Gasteiger partial charge in [0.05, 0.1) is 6.10 Å². The zero-order chi connectivity index (χ0) is 16.0. The summed E-state index contributed by atoms with van der Waals surface area (Å²) in [5.41, 5.74) is 5.46. The van der Waals surface area contributed by atoms with Crippen LogP contribution in [0.3, 0.4) is 0 Å². The van der Waals surface area contributed by atoms with E-state index in [-0.39, 0.29) is 6.10 Å². The van der Waals surface area contributed by atoms with Crippen LogP contribution < -0.4 is 0 Å². The van der Waals surface area contributed by atoms with Crippen molar-refractivity contribution < 1.29 is 5.11 Å². The summed E-state index contributed by atoms with van der Waals surface area (Å²) in [6.07, 6.45) is 13.2. The lowest BCUT2D eigenvalue weighted by molar-refractivity contribution is 0.0488. The van der Waals surface area contributed by atoms with Gasteiger partial charge in [-0.25, -0.2) is 0 Å². The molecular weight excluding hydrogens is 280 g/mol. The third-order valence-corrected chi connectivity index (χ3v) is 7.54. The highest BCUT2D eigenvalue weighted by Crippen LogP contribution is 2.61. The molecule has 0 heterocycles. The molecule has 5 atom stereocenters. The lowest BCUT2D eigenvalue weighted by atomic mass is 9.53. The zero-order valence-electron chi connectivity index (χ0n) is 14.7. The minimum Gasteiger partial charge on any atom is -0.393 e. The monoisotopic (exact) mass is 310 g/mol. The first-order valence-electron chi connectivity index (χ1n) is 9.61. The summed E-state index contributed by atoms with van der Waals surface area (Å²) in [7, 11) is 0. The van der Waals surface area contributed by atoms with Crippen LogP contribution in [0.4, 0.5) is 0 Å². The molecular formula is C22H30O. The third kappa shape index (κ3) is 2.42. The van der Waals surface area contributed by atoms with Crippen LogP contribution in [-0.4, -0.2) is 11.2 Å². The van der Waals surface area contributed by atoms with Gasteiger partial charge < -0.3 is 5.11 Å². The van der Waals surface area contributed by atoms with Crippen molar-refractivity contribution in [2.24, 2.45) is 23.2 Å². The molecule has 1 N–H and O–H groups in total. The van der Waals surface area contributed by atoms with Gasteiger partial charge >= 0.3 is 0 Å². The summed E-state index contributed by atoms with van der Waals surface area (Å²) in [6.45, 7) is 4.48. The Balaban J connectivity index is 1.58. The maximum Gasteiger partial charge on any atom is 0.0580 e. The fraction of sp³-hybridized carbons (Fsp3) is 0.727. The Hall–Kier alpha value is -1.00. The quantitative estimate of drug-likeness (QED) is 0.533. The van der Waals surface area contributed by atoms with Crippen LogP contribution in [0.25, 0.3) is 0 Å². The standard InChI is InChI=1S/C22H30O/c1-3-4-5-16-7-11-21-20-9-6-15-14-17(23)8-10-18(15)19(20)12-13-22(16,21)2/h7,17,19-21,23H,5-6,8-14H2,1-2H3/t17?,19-,20-,21+,22-/m1/s1. The summed E-state index contributed by atoms with van der Waals surface area (Å²) < 4.78 is 0. The second-order valence-corrected chi connectivity index (χ2v) is 8.47. The Morgan fingerprint density at radius 1 is 1.26 bits per heavy atom. The first-order chi connectivity index (χ1) is 11.1. The van der Waals surface area contributed by atoms with Crippen molar-refractivity contribution in [1.29, 1.82) is 0 Å². The molecule has 0 aromatic rings. The molecule has 4 rings (SSSR count). The minimum absolute atomic E-state index is 0.0634. The molecule has 1 unspecified atom stereocenters. The molecule has 0 aromatic carbocycles. The highest BCUT2D eigenvalue weighted by Gasteiger charge is 2.51. The summed E-state index contributed by atoms with van der Waals surface area (Å²) in [6, 6.07) is 0. The van der Waals surface area contributed by atoms with E-state index in [0.717, 1.165) is 37.0 Å². The normalized spacial score (nSPS) is 42.1. The van der Waals surface area contributed by atoms with Crippen LogP contribution in [0.1, 0.15) is 71.6 Å². The van der Waals surface area contributed by atoms with Crippen molar-refractivity contribution in [2.75, 3.05) is 0 Å². The van der Waals surface area contributed by atoms with Gasteiger partial charge in [-0.3, -0.25) is 0 Å². The second kappa shape index (κ2) is 5.82. The van der Waals surface area contributed by atoms with E-state index in [0.29, 0.717) is 5.41 Å². The van der Waals surface area contributed by atoms with Crippen LogP contribution in [0.5, 0.6) is 0 Å². The van der Waals surface area contributed by atoms with Crippen LogP contribution in [0, 0.1) is 35.0 Å². The molecule has 1 fully saturated rings. The fourth-order valence-electron chi connectivity index (χ4n) is 6.30. The van der Waals surface area contributed by atoms with E-state index in [1.54, 1.807) is 16.7 Å². The molecule has 0 spiro atoms. The number of hydrogen-bond donors (Lipinski definition) is 1. The number of fused-ring (bicyclic) bond motifs is 4. The van der Waals surface area contributed by atoms with Crippen molar-refractivity contribution in [3.63, 3.8) is 0 Å². The smallest absolute Gasteiger partial charge is 0.0580 e. The van der Waals surface area contributed by atoms with Crippen molar-refractivity contribution in [3.05, 3.63) is 22.8 Å². The molecule has 1 saturated carbocycles.